The Morgan fingerprint density at radius 1 is 0.800 bits per heavy atom. The molecule has 4 aromatic rings. The highest BCUT2D eigenvalue weighted by molar-refractivity contribution is 5.93. The zero-order valence-electron chi connectivity index (χ0n) is 23.0. The Labute approximate surface area is 234 Å². The van der Waals surface area contributed by atoms with Crippen LogP contribution in [0.3, 0.4) is 0 Å². The third-order valence-corrected chi connectivity index (χ3v) is 8.65. The minimum absolute atomic E-state index is 0.117. The van der Waals surface area contributed by atoms with Crippen molar-refractivity contribution in [3.63, 3.8) is 0 Å². The van der Waals surface area contributed by atoms with Gasteiger partial charge in [0.1, 0.15) is 18.2 Å². The van der Waals surface area contributed by atoms with Gasteiger partial charge in [0.2, 0.25) is 5.91 Å². The molecule has 2 fully saturated rings. The predicted octanol–water partition coefficient (Wildman–Crippen LogP) is 5.74. The first-order valence-electron chi connectivity index (χ1n) is 14.3. The zero-order chi connectivity index (χ0) is 27.6. The third-order valence-electron chi connectivity index (χ3n) is 8.65. The number of rotatable bonds is 6. The van der Waals surface area contributed by atoms with Gasteiger partial charge in [-0.05, 0) is 68.2 Å². The van der Waals surface area contributed by atoms with Crippen LogP contribution in [0.1, 0.15) is 29.9 Å². The monoisotopic (exact) mass is 542 g/mol. The van der Waals surface area contributed by atoms with Crippen LogP contribution in [-0.2, 0) is 17.9 Å². The van der Waals surface area contributed by atoms with Crippen LogP contribution in [0.15, 0.2) is 72.8 Å². The Hall–Kier alpha value is -3.55. The lowest BCUT2D eigenvalue weighted by molar-refractivity contribution is -0.133. The first-order valence-corrected chi connectivity index (χ1v) is 14.3. The van der Waals surface area contributed by atoms with E-state index in [9.17, 15) is 13.6 Å². The molecule has 0 N–H and O–H groups in total. The van der Waals surface area contributed by atoms with Gasteiger partial charge in [0, 0.05) is 49.2 Å². The zero-order valence-corrected chi connectivity index (χ0v) is 23.0. The van der Waals surface area contributed by atoms with E-state index < -0.39 is 11.6 Å². The highest BCUT2D eigenvalue weighted by atomic mass is 19.1. The smallest absolute Gasteiger partial charge is 0.242 e. The number of hydrogen-bond acceptors (Lipinski definition) is 3. The number of halogens is 2. The first kappa shape index (κ1) is 26.7. The summed E-state index contributed by atoms with van der Waals surface area (Å²) in [5.41, 5.74) is 4.64. The van der Waals surface area contributed by atoms with Crippen LogP contribution in [0.25, 0.3) is 22.2 Å². The Morgan fingerprint density at radius 3 is 2.15 bits per heavy atom. The van der Waals surface area contributed by atoms with Gasteiger partial charge in [-0.1, -0.05) is 54.6 Å². The first-order chi connectivity index (χ1) is 19.5. The molecule has 7 heteroatoms. The van der Waals surface area contributed by atoms with Crippen molar-refractivity contribution in [1.82, 2.24) is 19.3 Å². The summed E-state index contributed by atoms with van der Waals surface area (Å²) in [4.78, 5) is 20.2. The fourth-order valence-electron chi connectivity index (χ4n) is 6.42. The van der Waals surface area contributed by atoms with Gasteiger partial charge in [-0.15, -0.1) is 0 Å². The second-order valence-corrected chi connectivity index (χ2v) is 11.2. The molecule has 0 spiro atoms. The Balaban J connectivity index is 1.31. The van der Waals surface area contributed by atoms with Crippen molar-refractivity contribution in [2.45, 2.75) is 31.8 Å². The van der Waals surface area contributed by atoms with Crippen LogP contribution < -0.4 is 0 Å². The fourth-order valence-corrected chi connectivity index (χ4v) is 6.42. The summed E-state index contributed by atoms with van der Waals surface area (Å²) in [6.07, 6.45) is 1.41. The van der Waals surface area contributed by atoms with Crippen LogP contribution >= 0.6 is 0 Å². The molecule has 0 radical (unpaired) electrons. The van der Waals surface area contributed by atoms with Gasteiger partial charge in [0.05, 0.1) is 5.69 Å². The second-order valence-electron chi connectivity index (χ2n) is 11.2. The number of benzene rings is 3. The summed E-state index contributed by atoms with van der Waals surface area (Å²) in [6, 6.07) is 22.8. The van der Waals surface area contributed by atoms with E-state index >= 15 is 0 Å². The van der Waals surface area contributed by atoms with Crippen molar-refractivity contribution in [3.8, 4) is 11.3 Å². The molecule has 1 amide bonds. The van der Waals surface area contributed by atoms with Gasteiger partial charge < -0.3 is 14.4 Å². The van der Waals surface area contributed by atoms with E-state index in [4.69, 9.17) is 0 Å². The van der Waals surface area contributed by atoms with E-state index in [0.29, 0.717) is 25.9 Å². The minimum Gasteiger partial charge on any atom is -0.339 e. The molecule has 208 valence electrons. The summed E-state index contributed by atoms with van der Waals surface area (Å²) in [6.45, 7) is 5.80. The lowest BCUT2D eigenvalue weighted by Gasteiger charge is -2.33. The summed E-state index contributed by atoms with van der Waals surface area (Å²) >= 11 is 0. The molecule has 0 aliphatic carbocycles. The Bertz CT molecular complexity index is 1470. The highest BCUT2D eigenvalue weighted by Gasteiger charge is 2.28. The molecule has 3 heterocycles. The van der Waals surface area contributed by atoms with E-state index in [0.717, 1.165) is 61.4 Å². The Kier molecular flexibility index (Phi) is 7.67. The fraction of sp³-hybridized carbons (Fsp3) is 0.364. The van der Waals surface area contributed by atoms with Crippen molar-refractivity contribution in [2.24, 2.45) is 0 Å². The van der Waals surface area contributed by atoms with Crippen LogP contribution in [0.4, 0.5) is 8.78 Å². The van der Waals surface area contributed by atoms with Crippen molar-refractivity contribution < 1.29 is 13.6 Å². The third kappa shape index (κ3) is 5.28. The largest absolute Gasteiger partial charge is 0.339 e. The van der Waals surface area contributed by atoms with E-state index in [2.05, 4.69) is 51.7 Å². The molecular formula is C33H36F2N4O. The van der Waals surface area contributed by atoms with Crippen molar-refractivity contribution >= 4 is 16.8 Å². The van der Waals surface area contributed by atoms with Gasteiger partial charge in [0.25, 0.3) is 0 Å². The number of likely N-dealkylation sites (tertiary alicyclic amines) is 1. The molecule has 40 heavy (non-hydrogen) atoms. The van der Waals surface area contributed by atoms with Gasteiger partial charge in [-0.3, -0.25) is 9.69 Å². The molecule has 6 rings (SSSR count). The summed E-state index contributed by atoms with van der Waals surface area (Å²) < 4.78 is 31.1. The maximum Gasteiger partial charge on any atom is 0.242 e. The number of amides is 1. The van der Waals surface area contributed by atoms with E-state index in [1.165, 1.54) is 23.8 Å². The highest BCUT2D eigenvalue weighted by Crippen LogP contribution is 2.37. The Morgan fingerprint density at radius 2 is 1.45 bits per heavy atom. The normalized spacial score (nSPS) is 17.5. The molecule has 2 saturated heterocycles. The second kappa shape index (κ2) is 11.5. The summed E-state index contributed by atoms with van der Waals surface area (Å²) in [5, 5.41) is 1.15. The van der Waals surface area contributed by atoms with Gasteiger partial charge in [0.15, 0.2) is 0 Å². The number of likely N-dealkylation sites (N-methyl/N-ethyl adjacent to an activating group) is 1. The maximum atomic E-state index is 14.5. The maximum absolute atomic E-state index is 14.5. The quantitative estimate of drug-likeness (QED) is 0.312. The molecule has 0 unspecified atom stereocenters. The number of aromatic nitrogens is 1. The SMILES string of the molecule is CN1CCN(C(=O)Cn2c(-c3ccccc3)c(CN3CCC(c4c(F)cccc4F)CC3)c3ccccc32)CC1. The molecule has 2 aliphatic heterocycles. The molecule has 1 aromatic heterocycles. The number of para-hydroxylation sites is 1. The van der Waals surface area contributed by atoms with Crippen LogP contribution in [0.2, 0.25) is 0 Å². The molecule has 5 nitrogen and oxygen atoms in total. The summed E-state index contributed by atoms with van der Waals surface area (Å²) in [5.74, 6) is -0.866. The molecule has 2 aliphatic rings. The summed E-state index contributed by atoms with van der Waals surface area (Å²) in [7, 11) is 2.09. The minimum atomic E-state index is -0.446. The molecule has 0 bridgehead atoms. The number of piperazine rings is 1. The number of carbonyl (C=O) groups excluding carboxylic acids is 1. The number of nitrogens with zero attached hydrogens (tertiary/aromatic N) is 4. The van der Waals surface area contributed by atoms with E-state index in [-0.39, 0.29) is 17.4 Å². The average molecular weight is 543 g/mol. The number of piperidine rings is 1. The number of carbonyl (C=O) groups is 1. The van der Waals surface area contributed by atoms with Gasteiger partial charge in [-0.25, -0.2) is 8.78 Å². The molecule has 3 aromatic carbocycles. The van der Waals surface area contributed by atoms with Crippen LogP contribution in [-0.4, -0.2) is 71.5 Å². The molecule has 0 saturated carbocycles. The average Bonchev–Trinajstić information content (AvgIpc) is 3.27. The van der Waals surface area contributed by atoms with Crippen LogP contribution in [0.5, 0.6) is 0 Å². The number of fused-ring (bicyclic) bond motifs is 1. The van der Waals surface area contributed by atoms with Crippen molar-refractivity contribution in [3.05, 3.63) is 95.6 Å². The van der Waals surface area contributed by atoms with Crippen molar-refractivity contribution in [1.29, 1.82) is 0 Å². The van der Waals surface area contributed by atoms with Gasteiger partial charge >= 0.3 is 0 Å². The predicted molar refractivity (Wildman–Crippen MR) is 155 cm³/mol. The topological polar surface area (TPSA) is 31.7 Å². The van der Waals surface area contributed by atoms with E-state index in [1.54, 1.807) is 0 Å². The van der Waals surface area contributed by atoms with Gasteiger partial charge in [-0.2, -0.15) is 0 Å². The lowest BCUT2D eigenvalue weighted by Crippen LogP contribution is -2.48. The van der Waals surface area contributed by atoms with E-state index in [1.807, 2.05) is 29.2 Å². The molecule has 0 atom stereocenters. The molecular weight excluding hydrogens is 506 g/mol. The van der Waals surface area contributed by atoms with Crippen molar-refractivity contribution in [2.75, 3.05) is 46.3 Å². The standard InChI is InChI=1S/C33H36F2N4O/c1-36-18-20-38(21-19-36)31(40)23-39-30-13-6-5-10-26(30)27(33(39)25-8-3-2-4-9-25)22-37-16-14-24(15-17-37)32-28(34)11-7-12-29(32)35/h2-13,24H,14-23H2,1H3. The number of hydrogen-bond donors (Lipinski definition) is 0. The van der Waals surface area contributed by atoms with Crippen LogP contribution in [0, 0.1) is 11.6 Å². The lowest BCUT2D eigenvalue weighted by atomic mass is 9.88.